The first-order valence-electron chi connectivity index (χ1n) is 7.45. The molecule has 1 saturated carbocycles. The minimum absolute atomic E-state index is 0.288. The summed E-state index contributed by atoms with van der Waals surface area (Å²) in [5.74, 6) is 2.65. The van der Waals surface area contributed by atoms with Gasteiger partial charge < -0.3 is 10.5 Å². The minimum Gasteiger partial charge on any atom is -0.474 e. The third kappa shape index (κ3) is 3.17. The zero-order chi connectivity index (χ0) is 13.8. The summed E-state index contributed by atoms with van der Waals surface area (Å²) in [6, 6.07) is 0. The fourth-order valence-corrected chi connectivity index (χ4v) is 2.77. The fourth-order valence-electron chi connectivity index (χ4n) is 2.77. The third-order valence-corrected chi connectivity index (χ3v) is 4.13. The lowest BCUT2D eigenvalue weighted by Gasteiger charge is -2.31. The van der Waals surface area contributed by atoms with Gasteiger partial charge in [0, 0.05) is 6.42 Å². The molecule has 4 heteroatoms. The molecule has 106 valence electrons. The Morgan fingerprint density at radius 1 is 1.21 bits per heavy atom. The van der Waals surface area contributed by atoms with E-state index in [1.54, 1.807) is 0 Å². The summed E-state index contributed by atoms with van der Waals surface area (Å²) in [4.78, 5) is 8.77. The van der Waals surface area contributed by atoms with Crippen molar-refractivity contribution in [3.63, 3.8) is 0 Å². The van der Waals surface area contributed by atoms with Crippen LogP contribution in [0.4, 0.5) is 5.82 Å². The number of rotatable bonds is 4. The van der Waals surface area contributed by atoms with Crippen molar-refractivity contribution in [3.8, 4) is 5.88 Å². The summed E-state index contributed by atoms with van der Waals surface area (Å²) in [7, 11) is 0. The van der Waals surface area contributed by atoms with E-state index in [9.17, 15) is 0 Å². The quantitative estimate of drug-likeness (QED) is 0.905. The van der Waals surface area contributed by atoms with Crippen LogP contribution in [-0.4, -0.2) is 16.1 Å². The van der Waals surface area contributed by atoms with Crippen LogP contribution in [0.5, 0.6) is 5.88 Å². The van der Waals surface area contributed by atoms with E-state index >= 15 is 0 Å². The molecule has 0 bridgehead atoms. The van der Waals surface area contributed by atoms with E-state index in [-0.39, 0.29) is 6.10 Å². The van der Waals surface area contributed by atoms with Crippen LogP contribution in [0.3, 0.4) is 0 Å². The fraction of sp³-hybridized carbons (Fsp3) is 0.733. The highest BCUT2D eigenvalue weighted by Gasteiger charge is 2.26. The molecule has 0 amide bonds. The average molecular weight is 263 g/mol. The first kappa shape index (κ1) is 14.1. The number of hydrogen-bond donors (Lipinski definition) is 1. The molecular weight excluding hydrogens is 238 g/mol. The van der Waals surface area contributed by atoms with Gasteiger partial charge in [-0.15, -0.1) is 0 Å². The van der Waals surface area contributed by atoms with Gasteiger partial charge in [-0.25, -0.2) is 4.98 Å². The molecule has 0 saturated heterocycles. The molecule has 1 heterocycles. The van der Waals surface area contributed by atoms with Gasteiger partial charge in [0.25, 0.3) is 0 Å². The van der Waals surface area contributed by atoms with Crippen molar-refractivity contribution in [1.82, 2.24) is 9.97 Å². The van der Waals surface area contributed by atoms with Gasteiger partial charge in [-0.2, -0.15) is 4.98 Å². The lowest BCUT2D eigenvalue weighted by molar-refractivity contribution is 0.0848. The highest BCUT2D eigenvalue weighted by molar-refractivity contribution is 5.44. The van der Waals surface area contributed by atoms with E-state index in [0.717, 1.165) is 24.2 Å². The standard InChI is InChI=1S/C15H25N3O/c1-4-11-8-6-7-9-12(11)19-15-10(3)14(16)17-13(5-2)18-15/h11-12H,4-9H2,1-3H3,(H2,16,17,18). The Bertz CT molecular complexity index is 434. The van der Waals surface area contributed by atoms with Crippen LogP contribution >= 0.6 is 0 Å². The highest BCUT2D eigenvalue weighted by atomic mass is 16.5. The first-order chi connectivity index (χ1) is 9.15. The monoisotopic (exact) mass is 263 g/mol. The number of nitrogens with two attached hydrogens (primary N) is 1. The molecule has 0 radical (unpaired) electrons. The zero-order valence-electron chi connectivity index (χ0n) is 12.3. The Balaban J connectivity index is 2.19. The molecule has 2 rings (SSSR count). The summed E-state index contributed by atoms with van der Waals surface area (Å²) in [6.07, 6.45) is 7.21. The summed E-state index contributed by atoms with van der Waals surface area (Å²) in [5.41, 5.74) is 6.81. The predicted molar refractivity (Wildman–Crippen MR) is 77.2 cm³/mol. The van der Waals surface area contributed by atoms with Gasteiger partial charge in [-0.3, -0.25) is 0 Å². The molecule has 1 aliphatic rings. The van der Waals surface area contributed by atoms with Crippen LogP contribution in [0.2, 0.25) is 0 Å². The van der Waals surface area contributed by atoms with Gasteiger partial charge in [0.15, 0.2) is 0 Å². The van der Waals surface area contributed by atoms with E-state index in [1.165, 1.54) is 25.7 Å². The number of aromatic nitrogens is 2. The van der Waals surface area contributed by atoms with Crippen LogP contribution in [0.25, 0.3) is 0 Å². The van der Waals surface area contributed by atoms with Crippen molar-refractivity contribution in [3.05, 3.63) is 11.4 Å². The Labute approximate surface area is 115 Å². The molecule has 1 aromatic rings. The summed E-state index contributed by atoms with van der Waals surface area (Å²) in [6.45, 7) is 6.21. The number of anilines is 1. The molecule has 0 aliphatic heterocycles. The van der Waals surface area contributed by atoms with Crippen molar-refractivity contribution in [2.45, 2.75) is 65.4 Å². The highest BCUT2D eigenvalue weighted by Crippen LogP contribution is 2.31. The van der Waals surface area contributed by atoms with E-state index in [1.807, 2.05) is 13.8 Å². The van der Waals surface area contributed by atoms with Crippen LogP contribution in [-0.2, 0) is 6.42 Å². The van der Waals surface area contributed by atoms with E-state index < -0.39 is 0 Å². The van der Waals surface area contributed by atoms with Crippen molar-refractivity contribution in [2.75, 3.05) is 5.73 Å². The van der Waals surface area contributed by atoms with Crippen molar-refractivity contribution in [1.29, 1.82) is 0 Å². The Hall–Kier alpha value is -1.32. The van der Waals surface area contributed by atoms with Crippen LogP contribution in [0.1, 0.15) is 57.3 Å². The maximum Gasteiger partial charge on any atom is 0.222 e. The number of hydrogen-bond acceptors (Lipinski definition) is 4. The SMILES string of the molecule is CCc1nc(N)c(C)c(OC2CCCCC2CC)n1. The molecule has 19 heavy (non-hydrogen) atoms. The van der Waals surface area contributed by atoms with Crippen molar-refractivity contribution in [2.24, 2.45) is 5.92 Å². The van der Waals surface area contributed by atoms with Gasteiger partial charge in [0.05, 0.1) is 5.56 Å². The van der Waals surface area contributed by atoms with Crippen LogP contribution in [0, 0.1) is 12.8 Å². The number of nitrogen functional groups attached to an aromatic ring is 1. The third-order valence-electron chi connectivity index (χ3n) is 4.13. The molecule has 2 atom stereocenters. The maximum absolute atomic E-state index is 6.18. The van der Waals surface area contributed by atoms with E-state index in [0.29, 0.717) is 17.6 Å². The van der Waals surface area contributed by atoms with Gasteiger partial charge in [0.1, 0.15) is 17.7 Å². The first-order valence-corrected chi connectivity index (χ1v) is 7.45. The lowest BCUT2D eigenvalue weighted by atomic mass is 9.85. The Kier molecular flexibility index (Phi) is 4.61. The maximum atomic E-state index is 6.18. The minimum atomic E-state index is 0.288. The second-order valence-corrected chi connectivity index (χ2v) is 5.42. The molecule has 1 fully saturated rings. The van der Waals surface area contributed by atoms with Crippen molar-refractivity contribution >= 4 is 5.82 Å². The molecule has 1 aliphatic carbocycles. The topological polar surface area (TPSA) is 61.0 Å². The molecule has 2 N–H and O–H groups in total. The smallest absolute Gasteiger partial charge is 0.222 e. The summed E-state index contributed by atoms with van der Waals surface area (Å²) < 4.78 is 6.18. The predicted octanol–water partition coefficient (Wildman–Crippen LogP) is 3.28. The normalized spacial score (nSPS) is 23.3. The van der Waals surface area contributed by atoms with E-state index in [4.69, 9.17) is 10.5 Å². The van der Waals surface area contributed by atoms with Gasteiger partial charge in [-0.05, 0) is 38.5 Å². The van der Waals surface area contributed by atoms with Crippen molar-refractivity contribution < 1.29 is 4.74 Å². The van der Waals surface area contributed by atoms with Crippen LogP contribution in [0.15, 0.2) is 0 Å². The Morgan fingerprint density at radius 2 is 1.95 bits per heavy atom. The molecular formula is C15H25N3O. The number of ether oxygens (including phenoxy) is 1. The second kappa shape index (κ2) is 6.22. The molecule has 4 nitrogen and oxygen atoms in total. The van der Waals surface area contributed by atoms with Gasteiger partial charge in [-0.1, -0.05) is 20.3 Å². The summed E-state index contributed by atoms with van der Waals surface area (Å²) in [5, 5.41) is 0. The molecule has 1 aromatic heterocycles. The lowest BCUT2D eigenvalue weighted by Crippen LogP contribution is -2.30. The molecule has 2 unspecified atom stereocenters. The average Bonchev–Trinajstić information content (AvgIpc) is 2.44. The molecule has 0 aromatic carbocycles. The second-order valence-electron chi connectivity index (χ2n) is 5.42. The van der Waals surface area contributed by atoms with Crippen LogP contribution < -0.4 is 10.5 Å². The largest absolute Gasteiger partial charge is 0.474 e. The molecule has 0 spiro atoms. The van der Waals surface area contributed by atoms with Gasteiger partial charge in [0.2, 0.25) is 5.88 Å². The number of nitrogens with zero attached hydrogens (tertiary/aromatic N) is 2. The van der Waals surface area contributed by atoms with Gasteiger partial charge >= 0.3 is 0 Å². The number of aryl methyl sites for hydroxylation is 1. The zero-order valence-corrected chi connectivity index (χ0v) is 12.3. The Morgan fingerprint density at radius 3 is 2.63 bits per heavy atom. The van der Waals surface area contributed by atoms with E-state index in [2.05, 4.69) is 16.9 Å². The summed E-state index contributed by atoms with van der Waals surface area (Å²) >= 11 is 0.